The van der Waals surface area contributed by atoms with Crippen LogP contribution in [0, 0.1) is 0 Å². The Hall–Kier alpha value is -1.90. The van der Waals surface area contributed by atoms with E-state index in [2.05, 4.69) is 24.2 Å². The van der Waals surface area contributed by atoms with E-state index in [0.717, 1.165) is 42.6 Å². The van der Waals surface area contributed by atoms with Crippen LogP contribution in [0.3, 0.4) is 0 Å². The fraction of sp³-hybridized carbons (Fsp3) is 0.333. The standard InChI is InChI=1S/C15H18N2O/c1-3-14-13(11-18)15(4-2)17(16-14)10-12-8-6-5-7-9-12/h5-9,11H,3-4,10H2,1-2H3. The van der Waals surface area contributed by atoms with Crippen LogP contribution >= 0.6 is 0 Å². The molecular weight excluding hydrogens is 224 g/mol. The molecule has 3 heteroatoms. The summed E-state index contributed by atoms with van der Waals surface area (Å²) in [5.74, 6) is 0. The van der Waals surface area contributed by atoms with Crippen LogP contribution < -0.4 is 0 Å². The number of aldehydes is 1. The molecule has 0 amide bonds. The second-order valence-electron chi connectivity index (χ2n) is 4.28. The molecule has 0 aliphatic heterocycles. The monoisotopic (exact) mass is 242 g/mol. The van der Waals surface area contributed by atoms with Crippen molar-refractivity contribution in [2.75, 3.05) is 0 Å². The van der Waals surface area contributed by atoms with Gasteiger partial charge in [-0.25, -0.2) is 0 Å². The van der Waals surface area contributed by atoms with Crippen molar-refractivity contribution in [2.45, 2.75) is 33.2 Å². The maximum Gasteiger partial charge on any atom is 0.153 e. The Morgan fingerprint density at radius 2 is 1.89 bits per heavy atom. The topological polar surface area (TPSA) is 34.9 Å². The van der Waals surface area contributed by atoms with E-state index in [1.807, 2.05) is 29.8 Å². The van der Waals surface area contributed by atoms with Gasteiger partial charge < -0.3 is 0 Å². The van der Waals surface area contributed by atoms with Crippen molar-refractivity contribution >= 4 is 6.29 Å². The van der Waals surface area contributed by atoms with E-state index in [9.17, 15) is 4.79 Å². The Morgan fingerprint density at radius 3 is 2.44 bits per heavy atom. The second-order valence-corrected chi connectivity index (χ2v) is 4.28. The van der Waals surface area contributed by atoms with Gasteiger partial charge in [0.05, 0.1) is 17.8 Å². The molecule has 0 radical (unpaired) electrons. The largest absolute Gasteiger partial charge is 0.298 e. The summed E-state index contributed by atoms with van der Waals surface area (Å²) in [5.41, 5.74) is 3.91. The molecule has 0 N–H and O–H groups in total. The summed E-state index contributed by atoms with van der Waals surface area (Å²) < 4.78 is 1.96. The molecule has 2 rings (SSSR count). The summed E-state index contributed by atoms with van der Waals surface area (Å²) in [7, 11) is 0. The molecule has 94 valence electrons. The molecule has 0 bridgehead atoms. The van der Waals surface area contributed by atoms with Gasteiger partial charge in [0.25, 0.3) is 0 Å². The number of hydrogen-bond donors (Lipinski definition) is 0. The van der Waals surface area contributed by atoms with Crippen molar-refractivity contribution < 1.29 is 4.79 Å². The summed E-state index contributed by atoms with van der Waals surface area (Å²) in [4.78, 5) is 11.2. The second kappa shape index (κ2) is 5.63. The molecule has 0 aliphatic carbocycles. The first-order valence-corrected chi connectivity index (χ1v) is 6.37. The van der Waals surface area contributed by atoms with Crippen LogP contribution in [0.4, 0.5) is 0 Å². The summed E-state index contributed by atoms with van der Waals surface area (Å²) >= 11 is 0. The molecule has 2 aromatic rings. The molecule has 1 heterocycles. The van der Waals surface area contributed by atoms with E-state index < -0.39 is 0 Å². The minimum absolute atomic E-state index is 0.727. The van der Waals surface area contributed by atoms with E-state index >= 15 is 0 Å². The molecule has 0 aliphatic rings. The van der Waals surface area contributed by atoms with Gasteiger partial charge in [0, 0.05) is 5.69 Å². The predicted molar refractivity (Wildman–Crippen MR) is 71.9 cm³/mol. The molecule has 0 saturated carbocycles. The van der Waals surface area contributed by atoms with E-state index in [-0.39, 0.29) is 0 Å². The normalized spacial score (nSPS) is 10.6. The zero-order valence-electron chi connectivity index (χ0n) is 10.9. The van der Waals surface area contributed by atoms with Crippen LogP contribution in [0.25, 0.3) is 0 Å². The number of nitrogens with zero attached hydrogens (tertiary/aromatic N) is 2. The van der Waals surface area contributed by atoms with Crippen molar-refractivity contribution in [3.05, 3.63) is 52.8 Å². The zero-order chi connectivity index (χ0) is 13.0. The van der Waals surface area contributed by atoms with Crippen molar-refractivity contribution in [3.8, 4) is 0 Å². The van der Waals surface area contributed by atoms with Crippen molar-refractivity contribution in [2.24, 2.45) is 0 Å². The van der Waals surface area contributed by atoms with Gasteiger partial charge in [-0.15, -0.1) is 0 Å². The fourth-order valence-electron chi connectivity index (χ4n) is 2.22. The lowest BCUT2D eigenvalue weighted by Crippen LogP contribution is -2.06. The molecule has 0 atom stereocenters. The van der Waals surface area contributed by atoms with Gasteiger partial charge in [0.1, 0.15) is 0 Å². The van der Waals surface area contributed by atoms with Crippen LogP contribution in [0.15, 0.2) is 30.3 Å². The van der Waals surface area contributed by atoms with Crippen molar-refractivity contribution in [3.63, 3.8) is 0 Å². The van der Waals surface area contributed by atoms with Gasteiger partial charge in [0.15, 0.2) is 6.29 Å². The lowest BCUT2D eigenvalue weighted by Gasteiger charge is -2.06. The number of benzene rings is 1. The van der Waals surface area contributed by atoms with Crippen molar-refractivity contribution in [1.82, 2.24) is 9.78 Å². The summed E-state index contributed by atoms with van der Waals surface area (Å²) in [6.45, 7) is 4.82. The molecule has 1 aromatic heterocycles. The van der Waals surface area contributed by atoms with Crippen LogP contribution in [-0.2, 0) is 19.4 Å². The SMILES string of the molecule is CCc1nn(Cc2ccccc2)c(CC)c1C=O. The fourth-order valence-corrected chi connectivity index (χ4v) is 2.22. The van der Waals surface area contributed by atoms with Crippen LogP contribution in [-0.4, -0.2) is 16.1 Å². The Kier molecular flexibility index (Phi) is 3.92. The van der Waals surface area contributed by atoms with Crippen LogP contribution in [0.2, 0.25) is 0 Å². The third-order valence-corrected chi connectivity index (χ3v) is 3.14. The predicted octanol–water partition coefficient (Wildman–Crippen LogP) is 2.87. The smallest absolute Gasteiger partial charge is 0.153 e. The molecule has 0 saturated heterocycles. The third kappa shape index (κ3) is 2.35. The van der Waals surface area contributed by atoms with E-state index in [0.29, 0.717) is 0 Å². The zero-order valence-corrected chi connectivity index (χ0v) is 10.9. The number of hydrogen-bond acceptors (Lipinski definition) is 2. The Labute approximate surface area is 107 Å². The molecule has 0 spiro atoms. The number of carbonyl (C=O) groups is 1. The molecule has 18 heavy (non-hydrogen) atoms. The quantitative estimate of drug-likeness (QED) is 0.756. The minimum Gasteiger partial charge on any atom is -0.298 e. The molecule has 1 aromatic carbocycles. The Morgan fingerprint density at radius 1 is 1.17 bits per heavy atom. The van der Waals surface area contributed by atoms with Gasteiger partial charge >= 0.3 is 0 Å². The third-order valence-electron chi connectivity index (χ3n) is 3.14. The lowest BCUT2D eigenvalue weighted by molar-refractivity contribution is 0.112. The van der Waals surface area contributed by atoms with Crippen LogP contribution in [0.1, 0.15) is 41.2 Å². The molecule has 0 fully saturated rings. The lowest BCUT2D eigenvalue weighted by atomic mass is 10.1. The number of aryl methyl sites for hydroxylation is 1. The first kappa shape index (κ1) is 12.6. The highest BCUT2D eigenvalue weighted by molar-refractivity contribution is 5.78. The van der Waals surface area contributed by atoms with E-state index in [4.69, 9.17) is 0 Å². The summed E-state index contributed by atoms with van der Waals surface area (Å²) in [6, 6.07) is 10.2. The van der Waals surface area contributed by atoms with Gasteiger partial charge in [-0.2, -0.15) is 5.10 Å². The first-order valence-electron chi connectivity index (χ1n) is 6.37. The van der Waals surface area contributed by atoms with E-state index in [1.165, 1.54) is 5.56 Å². The van der Waals surface area contributed by atoms with Gasteiger partial charge in [-0.1, -0.05) is 44.2 Å². The minimum atomic E-state index is 0.727. The summed E-state index contributed by atoms with van der Waals surface area (Å²) in [5, 5.41) is 4.55. The van der Waals surface area contributed by atoms with Gasteiger partial charge in [-0.05, 0) is 18.4 Å². The summed E-state index contributed by atoms with van der Waals surface area (Å²) in [6.07, 6.45) is 2.56. The number of carbonyl (C=O) groups excluding carboxylic acids is 1. The average molecular weight is 242 g/mol. The molecule has 3 nitrogen and oxygen atoms in total. The maximum atomic E-state index is 11.2. The Bertz CT molecular complexity index is 529. The van der Waals surface area contributed by atoms with Crippen LogP contribution in [0.5, 0.6) is 0 Å². The average Bonchev–Trinajstić information content (AvgIpc) is 2.76. The highest BCUT2D eigenvalue weighted by Gasteiger charge is 2.14. The molecular formula is C15H18N2O. The maximum absolute atomic E-state index is 11.2. The van der Waals surface area contributed by atoms with Gasteiger partial charge in [-0.3, -0.25) is 9.48 Å². The highest BCUT2D eigenvalue weighted by Crippen LogP contribution is 2.15. The number of aromatic nitrogens is 2. The highest BCUT2D eigenvalue weighted by atomic mass is 16.1. The molecule has 0 unspecified atom stereocenters. The first-order chi connectivity index (χ1) is 8.80. The Balaban J connectivity index is 2.38. The van der Waals surface area contributed by atoms with Crippen molar-refractivity contribution in [1.29, 1.82) is 0 Å². The number of rotatable bonds is 5. The van der Waals surface area contributed by atoms with E-state index in [1.54, 1.807) is 0 Å². The van der Waals surface area contributed by atoms with Gasteiger partial charge in [0.2, 0.25) is 0 Å².